The highest BCUT2D eigenvalue weighted by Gasteiger charge is 2.39. The fourth-order valence-electron chi connectivity index (χ4n) is 6.75. The van der Waals surface area contributed by atoms with E-state index in [2.05, 4.69) is 100 Å². The number of amides is 1. The van der Waals surface area contributed by atoms with Crippen molar-refractivity contribution < 1.29 is 4.79 Å². The molecule has 0 aliphatic carbocycles. The molecule has 0 unspecified atom stereocenters. The van der Waals surface area contributed by atoms with E-state index in [1.807, 2.05) is 73.3 Å². The van der Waals surface area contributed by atoms with Crippen molar-refractivity contribution in [2.45, 2.75) is 32.0 Å². The maximum absolute atomic E-state index is 13.2. The molecule has 1 aliphatic rings. The second-order valence-electron chi connectivity index (χ2n) is 12.5. The lowest BCUT2D eigenvalue weighted by molar-refractivity contribution is 0.102. The van der Waals surface area contributed by atoms with Gasteiger partial charge in [0.15, 0.2) is 5.82 Å². The molecular weight excluding hydrogens is 594 g/mol. The molecule has 6 aromatic rings. The number of benzene rings is 4. The highest BCUT2D eigenvalue weighted by Crippen LogP contribution is 2.40. The number of aromatic nitrogens is 4. The summed E-state index contributed by atoms with van der Waals surface area (Å²) in [5.41, 5.74) is 7.37. The lowest BCUT2D eigenvalue weighted by Crippen LogP contribution is -2.38. The lowest BCUT2D eigenvalue weighted by atomic mass is 9.77. The number of anilines is 2. The highest BCUT2D eigenvalue weighted by atomic mass is 16.1. The largest absolute Gasteiger partial charge is 0.362 e. The molecular formula is C40H39N7O. The summed E-state index contributed by atoms with van der Waals surface area (Å²) in [7, 11) is 3.80. The predicted octanol–water partition coefficient (Wildman–Crippen LogP) is 6.70. The Balaban J connectivity index is 1.12. The number of hydrogen-bond acceptors (Lipinski definition) is 6. The van der Waals surface area contributed by atoms with E-state index in [9.17, 15) is 4.79 Å². The van der Waals surface area contributed by atoms with Gasteiger partial charge in [-0.05, 0) is 65.4 Å². The molecule has 8 nitrogen and oxygen atoms in total. The number of carbonyl (C=O) groups excluding carboxylic acids is 1. The zero-order chi connectivity index (χ0) is 33.1. The van der Waals surface area contributed by atoms with Crippen LogP contribution in [0.5, 0.6) is 0 Å². The average Bonchev–Trinajstić information content (AvgIpc) is 3.58. The Bertz CT molecular complexity index is 1930. The quantitative estimate of drug-likeness (QED) is 0.179. The summed E-state index contributed by atoms with van der Waals surface area (Å²) in [6.07, 6.45) is 2.75. The van der Waals surface area contributed by atoms with Crippen LogP contribution in [0.15, 0.2) is 128 Å². The highest BCUT2D eigenvalue weighted by molar-refractivity contribution is 6.07. The molecule has 0 fully saturated rings. The van der Waals surface area contributed by atoms with Crippen molar-refractivity contribution in [3.05, 3.63) is 173 Å². The van der Waals surface area contributed by atoms with Crippen LogP contribution in [0.3, 0.4) is 0 Å². The van der Waals surface area contributed by atoms with Gasteiger partial charge in [-0.1, -0.05) is 97.1 Å². The topological polar surface area (TPSA) is 79.2 Å². The molecule has 0 spiro atoms. The van der Waals surface area contributed by atoms with Gasteiger partial charge in [0.2, 0.25) is 0 Å². The van der Waals surface area contributed by atoms with E-state index in [1.165, 1.54) is 11.1 Å². The molecule has 240 valence electrons. The molecule has 4 aromatic carbocycles. The normalized spacial score (nSPS) is 13.1. The van der Waals surface area contributed by atoms with Crippen molar-refractivity contribution >= 4 is 17.4 Å². The van der Waals surface area contributed by atoms with Crippen molar-refractivity contribution in [2.24, 2.45) is 0 Å². The molecule has 0 saturated carbocycles. The first kappa shape index (κ1) is 31.0. The van der Waals surface area contributed by atoms with Crippen LogP contribution in [0.25, 0.3) is 0 Å². The Labute approximate surface area is 281 Å². The van der Waals surface area contributed by atoms with Crippen molar-refractivity contribution in [2.75, 3.05) is 30.9 Å². The number of rotatable bonds is 9. The first-order valence-electron chi connectivity index (χ1n) is 16.3. The van der Waals surface area contributed by atoms with Crippen LogP contribution in [-0.4, -0.2) is 51.2 Å². The van der Waals surface area contributed by atoms with Gasteiger partial charge in [0.1, 0.15) is 17.7 Å². The van der Waals surface area contributed by atoms with Crippen LogP contribution in [0.4, 0.5) is 11.5 Å². The fraction of sp³-hybridized carbons (Fsp3) is 0.200. The van der Waals surface area contributed by atoms with Gasteiger partial charge in [0.25, 0.3) is 5.91 Å². The molecule has 0 bridgehead atoms. The summed E-state index contributed by atoms with van der Waals surface area (Å²) in [5, 5.41) is 8.26. The zero-order valence-electron chi connectivity index (χ0n) is 27.5. The number of hydrogen-bond donors (Lipinski definition) is 1. The number of aryl methyl sites for hydroxylation is 1. The summed E-state index contributed by atoms with van der Waals surface area (Å²) >= 11 is 0. The van der Waals surface area contributed by atoms with E-state index in [4.69, 9.17) is 10.1 Å². The van der Waals surface area contributed by atoms with Crippen molar-refractivity contribution in [1.82, 2.24) is 24.6 Å². The van der Waals surface area contributed by atoms with Crippen LogP contribution in [0, 0.1) is 6.92 Å². The molecule has 8 heteroatoms. The van der Waals surface area contributed by atoms with Gasteiger partial charge in [0.05, 0.1) is 12.1 Å². The van der Waals surface area contributed by atoms with Gasteiger partial charge < -0.3 is 10.2 Å². The van der Waals surface area contributed by atoms with Crippen LogP contribution in [-0.2, 0) is 25.0 Å². The van der Waals surface area contributed by atoms with Crippen LogP contribution < -0.4 is 10.2 Å². The van der Waals surface area contributed by atoms with Crippen LogP contribution >= 0.6 is 0 Å². The van der Waals surface area contributed by atoms with Gasteiger partial charge in [-0.2, -0.15) is 5.10 Å². The summed E-state index contributed by atoms with van der Waals surface area (Å²) in [4.78, 5) is 26.9. The van der Waals surface area contributed by atoms with Gasteiger partial charge in [0, 0.05) is 38.6 Å². The summed E-state index contributed by atoms with van der Waals surface area (Å²) in [6.45, 7) is 4.21. The molecule has 1 aliphatic heterocycles. The van der Waals surface area contributed by atoms with Crippen molar-refractivity contribution in [3.8, 4) is 0 Å². The van der Waals surface area contributed by atoms with Gasteiger partial charge in [-0.15, -0.1) is 0 Å². The summed E-state index contributed by atoms with van der Waals surface area (Å²) < 4.78 is 2.03. The maximum atomic E-state index is 13.2. The van der Waals surface area contributed by atoms with E-state index in [0.29, 0.717) is 17.9 Å². The van der Waals surface area contributed by atoms with E-state index in [0.717, 1.165) is 53.4 Å². The SMILES string of the molecule is Cc1ccc(C(=O)Nc2ccc3c(c2)CCN(Cc2ncn(C(c4ccccc4)(c4ccccc4)c4ccccc4)n2)C3)c(N(C)C)n1. The molecule has 7 rings (SSSR count). The summed E-state index contributed by atoms with van der Waals surface area (Å²) in [5.74, 6) is 1.27. The first-order valence-corrected chi connectivity index (χ1v) is 16.3. The Morgan fingerprint density at radius 3 is 2.04 bits per heavy atom. The minimum absolute atomic E-state index is 0.164. The van der Waals surface area contributed by atoms with Gasteiger partial charge >= 0.3 is 0 Å². The molecule has 2 aromatic heterocycles. The van der Waals surface area contributed by atoms with Gasteiger partial charge in [-0.25, -0.2) is 14.6 Å². The van der Waals surface area contributed by atoms with Crippen molar-refractivity contribution in [3.63, 3.8) is 0 Å². The Morgan fingerprint density at radius 1 is 0.812 bits per heavy atom. The van der Waals surface area contributed by atoms with E-state index in [1.54, 1.807) is 0 Å². The standard InChI is InChI=1S/C40H39N7O/c1-29-19-22-36(38(42-29)45(2)3)39(48)43-35-21-20-31-26-46(24-23-30(31)25-35)27-37-41-28-47(44-37)40(32-13-7-4-8-14-32,33-15-9-5-10-16-33)34-17-11-6-12-18-34/h4-22,25,28H,23-24,26-27H2,1-3H3,(H,43,48). The molecule has 0 saturated heterocycles. The fourth-order valence-corrected chi connectivity index (χ4v) is 6.75. The van der Waals surface area contributed by atoms with Crippen LogP contribution in [0.2, 0.25) is 0 Å². The van der Waals surface area contributed by atoms with Crippen LogP contribution in [0.1, 0.15) is 49.7 Å². The monoisotopic (exact) mass is 633 g/mol. The second-order valence-corrected chi connectivity index (χ2v) is 12.5. The zero-order valence-corrected chi connectivity index (χ0v) is 27.5. The number of pyridine rings is 1. The van der Waals surface area contributed by atoms with E-state index < -0.39 is 5.54 Å². The molecule has 1 N–H and O–H groups in total. The molecule has 48 heavy (non-hydrogen) atoms. The minimum atomic E-state index is -0.688. The Kier molecular flexibility index (Phi) is 8.57. The average molecular weight is 634 g/mol. The predicted molar refractivity (Wildman–Crippen MR) is 190 cm³/mol. The molecule has 0 atom stereocenters. The van der Waals surface area contributed by atoms with Gasteiger partial charge in [-0.3, -0.25) is 9.69 Å². The Hall–Kier alpha value is -5.60. The summed E-state index contributed by atoms with van der Waals surface area (Å²) in [6, 6.07) is 41.5. The second kappa shape index (κ2) is 13.3. The third-order valence-corrected chi connectivity index (χ3v) is 9.06. The first-order chi connectivity index (χ1) is 23.4. The molecule has 1 amide bonds. The van der Waals surface area contributed by atoms with E-state index in [-0.39, 0.29) is 5.91 Å². The smallest absolute Gasteiger partial charge is 0.259 e. The third kappa shape index (κ3) is 5.98. The number of nitrogens with zero attached hydrogens (tertiary/aromatic N) is 6. The number of nitrogens with one attached hydrogen (secondary N) is 1. The lowest BCUT2D eigenvalue weighted by Gasteiger charge is -2.36. The minimum Gasteiger partial charge on any atom is -0.362 e. The van der Waals surface area contributed by atoms with Crippen molar-refractivity contribution in [1.29, 1.82) is 0 Å². The van der Waals surface area contributed by atoms with E-state index >= 15 is 0 Å². The molecule has 0 radical (unpaired) electrons. The Morgan fingerprint density at radius 2 is 1.44 bits per heavy atom. The number of fused-ring (bicyclic) bond motifs is 1. The third-order valence-electron chi connectivity index (χ3n) is 9.06. The maximum Gasteiger partial charge on any atom is 0.259 e. The molecule has 3 heterocycles. The number of carbonyl (C=O) groups is 1.